The highest BCUT2D eigenvalue weighted by Crippen LogP contribution is 2.30. The summed E-state index contributed by atoms with van der Waals surface area (Å²) in [4.78, 5) is 12.2. The summed E-state index contributed by atoms with van der Waals surface area (Å²) in [6, 6.07) is 2.21. The topological polar surface area (TPSA) is 29.1 Å². The number of rotatable bonds is 3. The lowest BCUT2D eigenvalue weighted by Gasteiger charge is -2.35. The van der Waals surface area contributed by atoms with Gasteiger partial charge in [0.05, 0.1) is 0 Å². The summed E-state index contributed by atoms with van der Waals surface area (Å²) in [6.45, 7) is 4.24. The molecule has 0 aromatic heterocycles. The van der Waals surface area contributed by atoms with Crippen LogP contribution in [-0.4, -0.2) is 11.9 Å². The van der Waals surface area contributed by atoms with Gasteiger partial charge < -0.3 is 5.32 Å². The second-order valence-electron chi connectivity index (χ2n) is 6.02. The van der Waals surface area contributed by atoms with E-state index in [1.165, 1.54) is 0 Å². The van der Waals surface area contributed by atoms with Crippen LogP contribution in [-0.2, 0) is 0 Å². The van der Waals surface area contributed by atoms with Gasteiger partial charge in [0.15, 0.2) is 0 Å². The Labute approximate surface area is 132 Å². The molecule has 2 rings (SSSR count). The normalized spacial score (nSPS) is 22.4. The largest absolute Gasteiger partial charge is 0.349 e. The van der Waals surface area contributed by atoms with E-state index in [4.69, 9.17) is 0 Å². The molecular weight excluding hydrogens is 340 g/mol. The lowest BCUT2D eigenvalue weighted by molar-refractivity contribution is 0.0880. The molecule has 0 aliphatic heterocycles. The molecule has 1 amide bonds. The van der Waals surface area contributed by atoms with E-state index in [-0.39, 0.29) is 10.5 Å². The molecule has 2 nitrogen and oxygen atoms in total. The molecule has 2 atom stereocenters. The average Bonchev–Trinajstić information content (AvgIpc) is 2.37. The monoisotopic (exact) mass is 359 g/mol. The van der Waals surface area contributed by atoms with Gasteiger partial charge in [0.1, 0.15) is 17.2 Å². The van der Waals surface area contributed by atoms with Crippen molar-refractivity contribution in [3.63, 3.8) is 0 Å². The predicted octanol–water partition coefficient (Wildman–Crippen LogP) is 4.67. The molecule has 0 spiro atoms. The second-order valence-corrected chi connectivity index (χ2v) is 6.93. The van der Waals surface area contributed by atoms with Crippen LogP contribution in [0.4, 0.5) is 8.78 Å². The summed E-state index contributed by atoms with van der Waals surface area (Å²) >= 11 is 3.01. The number of benzene rings is 1. The highest BCUT2D eigenvalue weighted by molar-refractivity contribution is 9.10. The summed E-state index contributed by atoms with van der Waals surface area (Å²) in [6.07, 6.45) is 4.11. The summed E-state index contributed by atoms with van der Waals surface area (Å²) in [5.41, 5.74) is -0.494. The Kier molecular flexibility index (Phi) is 5.36. The summed E-state index contributed by atoms with van der Waals surface area (Å²) in [5, 5.41) is 2.83. The molecule has 1 saturated carbocycles. The summed E-state index contributed by atoms with van der Waals surface area (Å²) in [7, 11) is 0. The third-order valence-electron chi connectivity index (χ3n) is 4.23. The van der Waals surface area contributed by atoms with E-state index in [1.807, 2.05) is 0 Å². The van der Waals surface area contributed by atoms with Crippen molar-refractivity contribution in [3.05, 3.63) is 33.8 Å². The zero-order chi connectivity index (χ0) is 15.6. The fourth-order valence-electron chi connectivity index (χ4n) is 3.14. The van der Waals surface area contributed by atoms with Crippen LogP contribution in [0, 0.1) is 23.5 Å². The van der Waals surface area contributed by atoms with Gasteiger partial charge in [-0.05, 0) is 36.8 Å². The number of carbonyl (C=O) groups excluding carboxylic acids is 1. The van der Waals surface area contributed by atoms with Crippen LogP contribution in [0.25, 0.3) is 0 Å². The van der Waals surface area contributed by atoms with Crippen LogP contribution in [0.5, 0.6) is 0 Å². The van der Waals surface area contributed by atoms with Gasteiger partial charge in [-0.25, -0.2) is 8.78 Å². The molecule has 1 aromatic rings. The zero-order valence-corrected chi connectivity index (χ0v) is 13.8. The molecule has 2 unspecified atom stereocenters. The number of nitrogens with one attached hydrogen (secondary N) is 1. The maximum absolute atomic E-state index is 13.8. The Morgan fingerprint density at radius 1 is 1.24 bits per heavy atom. The van der Waals surface area contributed by atoms with Crippen molar-refractivity contribution in [2.45, 2.75) is 45.6 Å². The third kappa shape index (κ3) is 3.82. The van der Waals surface area contributed by atoms with Gasteiger partial charge in [0, 0.05) is 10.5 Å². The van der Waals surface area contributed by atoms with E-state index < -0.39 is 23.1 Å². The van der Waals surface area contributed by atoms with Gasteiger partial charge in [0.25, 0.3) is 5.91 Å². The van der Waals surface area contributed by atoms with Crippen LogP contribution < -0.4 is 5.32 Å². The van der Waals surface area contributed by atoms with Gasteiger partial charge in [-0.15, -0.1) is 0 Å². The molecule has 0 heterocycles. The maximum Gasteiger partial charge on any atom is 0.257 e. The van der Waals surface area contributed by atoms with E-state index in [2.05, 4.69) is 35.1 Å². The fraction of sp³-hybridized carbons (Fsp3) is 0.562. The minimum atomic E-state index is -0.837. The number of carbonyl (C=O) groups is 1. The van der Waals surface area contributed by atoms with E-state index in [0.717, 1.165) is 37.8 Å². The van der Waals surface area contributed by atoms with Gasteiger partial charge >= 0.3 is 0 Å². The number of halogens is 3. The van der Waals surface area contributed by atoms with Crippen molar-refractivity contribution in [1.29, 1.82) is 0 Å². The first-order valence-electron chi connectivity index (χ1n) is 7.35. The lowest BCUT2D eigenvalue weighted by atomic mass is 9.78. The van der Waals surface area contributed by atoms with Crippen molar-refractivity contribution in [1.82, 2.24) is 5.32 Å². The Bertz CT molecular complexity index is 510. The second kappa shape index (κ2) is 6.86. The molecule has 0 saturated heterocycles. The SMILES string of the molecule is CC(C)C1CCCCC1NC(=O)c1c(F)cc(Br)cc1F. The van der Waals surface area contributed by atoms with Crippen molar-refractivity contribution < 1.29 is 13.6 Å². The average molecular weight is 360 g/mol. The molecule has 1 aliphatic rings. The van der Waals surface area contributed by atoms with E-state index in [0.29, 0.717) is 11.8 Å². The molecule has 1 aliphatic carbocycles. The van der Waals surface area contributed by atoms with Crippen LogP contribution in [0.2, 0.25) is 0 Å². The van der Waals surface area contributed by atoms with Crippen molar-refractivity contribution in [3.8, 4) is 0 Å². The van der Waals surface area contributed by atoms with Crippen molar-refractivity contribution in [2.24, 2.45) is 11.8 Å². The number of hydrogen-bond donors (Lipinski definition) is 1. The molecule has 1 fully saturated rings. The quantitative estimate of drug-likeness (QED) is 0.834. The number of hydrogen-bond acceptors (Lipinski definition) is 1. The first kappa shape index (κ1) is 16.4. The highest BCUT2D eigenvalue weighted by atomic mass is 79.9. The fourth-order valence-corrected chi connectivity index (χ4v) is 3.54. The molecule has 5 heteroatoms. The van der Waals surface area contributed by atoms with E-state index in [9.17, 15) is 13.6 Å². The first-order chi connectivity index (χ1) is 9.90. The third-order valence-corrected chi connectivity index (χ3v) is 4.68. The highest BCUT2D eigenvalue weighted by Gasteiger charge is 2.30. The van der Waals surface area contributed by atoms with Crippen LogP contribution >= 0.6 is 15.9 Å². The Hall–Kier alpha value is -0.970. The standard InChI is InChI=1S/C16H20BrF2NO/c1-9(2)11-5-3-4-6-14(11)20-16(21)15-12(18)7-10(17)8-13(15)19/h7-9,11,14H,3-6H2,1-2H3,(H,20,21). The molecule has 21 heavy (non-hydrogen) atoms. The maximum atomic E-state index is 13.8. The molecule has 1 aromatic carbocycles. The minimum absolute atomic E-state index is 0.00584. The van der Waals surface area contributed by atoms with Crippen molar-refractivity contribution >= 4 is 21.8 Å². The molecular formula is C16H20BrF2NO. The molecule has 0 bridgehead atoms. The molecule has 0 radical (unpaired) electrons. The van der Waals surface area contributed by atoms with Gasteiger partial charge in [-0.1, -0.05) is 42.6 Å². The Balaban J connectivity index is 2.17. The lowest BCUT2D eigenvalue weighted by Crippen LogP contribution is -2.44. The van der Waals surface area contributed by atoms with Crippen LogP contribution in [0.3, 0.4) is 0 Å². The van der Waals surface area contributed by atoms with Gasteiger partial charge in [0.2, 0.25) is 0 Å². The van der Waals surface area contributed by atoms with Crippen molar-refractivity contribution in [2.75, 3.05) is 0 Å². The Morgan fingerprint density at radius 2 is 1.81 bits per heavy atom. The van der Waals surface area contributed by atoms with E-state index in [1.54, 1.807) is 0 Å². The van der Waals surface area contributed by atoms with Crippen LogP contribution in [0.1, 0.15) is 49.9 Å². The summed E-state index contributed by atoms with van der Waals surface area (Å²) in [5.74, 6) is -1.53. The Morgan fingerprint density at radius 3 is 2.38 bits per heavy atom. The molecule has 1 N–H and O–H groups in total. The van der Waals surface area contributed by atoms with Gasteiger partial charge in [-0.3, -0.25) is 4.79 Å². The van der Waals surface area contributed by atoms with Crippen LogP contribution in [0.15, 0.2) is 16.6 Å². The zero-order valence-electron chi connectivity index (χ0n) is 12.3. The smallest absolute Gasteiger partial charge is 0.257 e. The number of amides is 1. The van der Waals surface area contributed by atoms with E-state index >= 15 is 0 Å². The molecule has 116 valence electrons. The minimum Gasteiger partial charge on any atom is -0.349 e. The van der Waals surface area contributed by atoms with Gasteiger partial charge in [-0.2, -0.15) is 0 Å². The summed E-state index contributed by atoms with van der Waals surface area (Å²) < 4.78 is 28.0. The predicted molar refractivity (Wildman–Crippen MR) is 82.1 cm³/mol. The first-order valence-corrected chi connectivity index (χ1v) is 8.15.